The fourth-order valence-electron chi connectivity index (χ4n) is 1.95. The van der Waals surface area contributed by atoms with Gasteiger partial charge < -0.3 is 0 Å². The second-order valence-corrected chi connectivity index (χ2v) is 4.48. The maximum absolute atomic E-state index is 6.03. The first-order valence-electron chi connectivity index (χ1n) is 5.82. The summed E-state index contributed by atoms with van der Waals surface area (Å²) >= 11 is 6.03. The van der Waals surface area contributed by atoms with Crippen LogP contribution in [0.4, 0.5) is 0 Å². The molecule has 0 aliphatic heterocycles. The van der Waals surface area contributed by atoms with Crippen LogP contribution in [0.1, 0.15) is 0 Å². The number of hydrogen-bond donors (Lipinski definition) is 0. The summed E-state index contributed by atoms with van der Waals surface area (Å²) in [6.45, 7) is 0. The Labute approximate surface area is 115 Å². The standard InChI is InChI=1S/C15H10ClN3/c16-13-3-1-2-12(10-13)15-14(6-9-18-19-15)11-4-7-17-8-5-11/h1-10H. The van der Waals surface area contributed by atoms with Gasteiger partial charge in [-0.05, 0) is 35.9 Å². The number of rotatable bonds is 2. The molecule has 0 unspecified atom stereocenters. The van der Waals surface area contributed by atoms with E-state index in [1.165, 1.54) is 0 Å². The molecule has 2 heterocycles. The van der Waals surface area contributed by atoms with Crippen LogP contribution < -0.4 is 0 Å². The summed E-state index contributed by atoms with van der Waals surface area (Å²) in [5.41, 5.74) is 3.84. The third-order valence-electron chi connectivity index (χ3n) is 2.81. The number of halogens is 1. The summed E-state index contributed by atoms with van der Waals surface area (Å²) in [7, 11) is 0. The Morgan fingerprint density at radius 2 is 1.68 bits per heavy atom. The molecule has 1 aromatic carbocycles. The van der Waals surface area contributed by atoms with E-state index in [-0.39, 0.29) is 0 Å². The second kappa shape index (κ2) is 5.16. The summed E-state index contributed by atoms with van der Waals surface area (Å²) in [4.78, 5) is 4.03. The van der Waals surface area contributed by atoms with Gasteiger partial charge in [0.25, 0.3) is 0 Å². The van der Waals surface area contributed by atoms with Crippen molar-refractivity contribution in [2.75, 3.05) is 0 Å². The summed E-state index contributed by atoms with van der Waals surface area (Å²) in [5, 5.41) is 8.89. The molecule has 2 aromatic heterocycles. The molecule has 0 aliphatic rings. The summed E-state index contributed by atoms with van der Waals surface area (Å²) in [6, 6.07) is 13.4. The van der Waals surface area contributed by atoms with E-state index in [4.69, 9.17) is 11.6 Å². The lowest BCUT2D eigenvalue weighted by Crippen LogP contribution is -1.91. The monoisotopic (exact) mass is 267 g/mol. The Hall–Kier alpha value is -2.26. The number of aromatic nitrogens is 3. The minimum Gasteiger partial charge on any atom is -0.265 e. The molecule has 92 valence electrons. The highest BCUT2D eigenvalue weighted by atomic mass is 35.5. The van der Waals surface area contributed by atoms with Gasteiger partial charge in [0.15, 0.2) is 0 Å². The zero-order chi connectivity index (χ0) is 13.1. The van der Waals surface area contributed by atoms with Crippen molar-refractivity contribution in [1.82, 2.24) is 15.2 Å². The van der Waals surface area contributed by atoms with Crippen LogP contribution in [0.5, 0.6) is 0 Å². The van der Waals surface area contributed by atoms with Gasteiger partial charge in [-0.2, -0.15) is 5.10 Å². The van der Waals surface area contributed by atoms with Crippen molar-refractivity contribution >= 4 is 11.6 Å². The van der Waals surface area contributed by atoms with Crippen molar-refractivity contribution in [3.8, 4) is 22.4 Å². The highest BCUT2D eigenvalue weighted by molar-refractivity contribution is 6.30. The van der Waals surface area contributed by atoms with Crippen LogP contribution in [-0.2, 0) is 0 Å². The second-order valence-electron chi connectivity index (χ2n) is 4.04. The zero-order valence-electron chi connectivity index (χ0n) is 9.99. The van der Waals surface area contributed by atoms with Crippen LogP contribution in [-0.4, -0.2) is 15.2 Å². The van der Waals surface area contributed by atoms with Crippen molar-refractivity contribution in [3.05, 3.63) is 66.1 Å². The van der Waals surface area contributed by atoms with Gasteiger partial charge in [0.1, 0.15) is 5.69 Å². The minimum absolute atomic E-state index is 0.684. The van der Waals surface area contributed by atoms with Crippen molar-refractivity contribution in [3.63, 3.8) is 0 Å². The number of nitrogens with zero attached hydrogens (tertiary/aromatic N) is 3. The van der Waals surface area contributed by atoms with Crippen LogP contribution in [0.3, 0.4) is 0 Å². The normalized spacial score (nSPS) is 10.4. The third kappa shape index (κ3) is 2.46. The lowest BCUT2D eigenvalue weighted by Gasteiger charge is -2.07. The van der Waals surface area contributed by atoms with E-state index in [2.05, 4.69) is 15.2 Å². The fraction of sp³-hybridized carbons (Fsp3) is 0. The van der Waals surface area contributed by atoms with Gasteiger partial charge in [-0.1, -0.05) is 23.7 Å². The van der Waals surface area contributed by atoms with Crippen molar-refractivity contribution < 1.29 is 0 Å². The predicted molar refractivity (Wildman–Crippen MR) is 75.7 cm³/mol. The molecule has 0 radical (unpaired) electrons. The molecule has 0 fully saturated rings. The Morgan fingerprint density at radius 3 is 2.47 bits per heavy atom. The third-order valence-corrected chi connectivity index (χ3v) is 3.05. The van der Waals surface area contributed by atoms with Gasteiger partial charge in [0.05, 0.1) is 6.20 Å². The van der Waals surface area contributed by atoms with Crippen molar-refractivity contribution in [2.24, 2.45) is 0 Å². The first-order chi connectivity index (χ1) is 9.34. The Balaban J connectivity index is 2.18. The molecule has 0 aliphatic carbocycles. The van der Waals surface area contributed by atoms with E-state index in [1.807, 2.05) is 42.5 Å². The van der Waals surface area contributed by atoms with Gasteiger partial charge in [-0.15, -0.1) is 5.10 Å². The van der Waals surface area contributed by atoms with E-state index >= 15 is 0 Å². The molecule has 0 saturated heterocycles. The largest absolute Gasteiger partial charge is 0.265 e. The summed E-state index contributed by atoms with van der Waals surface area (Å²) in [6.07, 6.45) is 5.21. The van der Waals surface area contributed by atoms with Crippen molar-refractivity contribution in [2.45, 2.75) is 0 Å². The number of hydrogen-bond acceptors (Lipinski definition) is 3. The Bertz CT molecular complexity index is 699. The minimum atomic E-state index is 0.684. The molecule has 0 amide bonds. The molecule has 0 bridgehead atoms. The van der Waals surface area contributed by atoms with Crippen LogP contribution in [0.25, 0.3) is 22.4 Å². The summed E-state index contributed by atoms with van der Waals surface area (Å²) in [5.74, 6) is 0. The Morgan fingerprint density at radius 1 is 0.842 bits per heavy atom. The van der Waals surface area contributed by atoms with E-state index < -0.39 is 0 Å². The zero-order valence-corrected chi connectivity index (χ0v) is 10.7. The molecular weight excluding hydrogens is 258 g/mol. The molecule has 4 heteroatoms. The van der Waals surface area contributed by atoms with Crippen LogP contribution in [0.2, 0.25) is 5.02 Å². The highest BCUT2D eigenvalue weighted by Crippen LogP contribution is 2.30. The van der Waals surface area contributed by atoms with E-state index in [9.17, 15) is 0 Å². The molecule has 0 atom stereocenters. The average molecular weight is 268 g/mol. The molecular formula is C15H10ClN3. The maximum atomic E-state index is 6.03. The first kappa shape index (κ1) is 11.8. The lowest BCUT2D eigenvalue weighted by molar-refractivity contribution is 1.04. The molecule has 3 nitrogen and oxygen atoms in total. The van der Waals surface area contributed by atoms with Gasteiger partial charge in [0, 0.05) is 28.5 Å². The van der Waals surface area contributed by atoms with Crippen LogP contribution in [0, 0.1) is 0 Å². The first-order valence-corrected chi connectivity index (χ1v) is 6.20. The smallest absolute Gasteiger partial charge is 0.101 e. The molecule has 3 aromatic rings. The molecule has 0 saturated carbocycles. The van der Waals surface area contributed by atoms with Gasteiger partial charge in [0.2, 0.25) is 0 Å². The van der Waals surface area contributed by atoms with Gasteiger partial charge in [-0.3, -0.25) is 4.98 Å². The average Bonchev–Trinajstić information content (AvgIpc) is 2.48. The predicted octanol–water partition coefficient (Wildman–Crippen LogP) is 3.86. The number of benzene rings is 1. The van der Waals surface area contributed by atoms with Crippen LogP contribution >= 0.6 is 11.6 Å². The van der Waals surface area contributed by atoms with E-state index in [1.54, 1.807) is 18.6 Å². The molecule has 0 N–H and O–H groups in total. The quantitative estimate of drug-likeness (QED) is 0.708. The van der Waals surface area contributed by atoms with Gasteiger partial charge >= 0.3 is 0 Å². The van der Waals surface area contributed by atoms with E-state index in [0.29, 0.717) is 5.02 Å². The fourth-order valence-corrected chi connectivity index (χ4v) is 2.14. The summed E-state index contributed by atoms with van der Waals surface area (Å²) < 4.78 is 0. The Kier molecular flexibility index (Phi) is 3.21. The SMILES string of the molecule is Clc1cccc(-c2nnccc2-c2ccncc2)c1. The topological polar surface area (TPSA) is 38.7 Å². The van der Waals surface area contributed by atoms with Crippen LogP contribution in [0.15, 0.2) is 61.1 Å². The highest BCUT2D eigenvalue weighted by Gasteiger charge is 2.09. The maximum Gasteiger partial charge on any atom is 0.101 e. The van der Waals surface area contributed by atoms with Crippen molar-refractivity contribution in [1.29, 1.82) is 0 Å². The van der Waals surface area contributed by atoms with Gasteiger partial charge in [-0.25, -0.2) is 0 Å². The number of pyridine rings is 1. The molecule has 19 heavy (non-hydrogen) atoms. The molecule has 0 spiro atoms. The lowest BCUT2D eigenvalue weighted by atomic mass is 10.0. The van der Waals surface area contributed by atoms with E-state index in [0.717, 1.165) is 22.4 Å². The molecule has 3 rings (SSSR count).